The molecule has 98 valence electrons. The summed E-state index contributed by atoms with van der Waals surface area (Å²) in [6.07, 6.45) is 4.09. The van der Waals surface area contributed by atoms with Crippen molar-refractivity contribution >= 4 is 5.91 Å². The van der Waals surface area contributed by atoms with Crippen molar-refractivity contribution in [1.29, 1.82) is 0 Å². The van der Waals surface area contributed by atoms with E-state index in [0.717, 1.165) is 12.8 Å². The topological polar surface area (TPSA) is 73.6 Å². The summed E-state index contributed by atoms with van der Waals surface area (Å²) in [4.78, 5) is 12.0. The number of ether oxygens (including phenoxy) is 2. The highest BCUT2D eigenvalue weighted by Crippen LogP contribution is 2.23. The minimum Gasteiger partial charge on any atom is -0.376 e. The van der Waals surface area contributed by atoms with Gasteiger partial charge in [0, 0.05) is 6.04 Å². The molecule has 0 aromatic heterocycles. The van der Waals surface area contributed by atoms with Gasteiger partial charge in [-0.25, -0.2) is 0 Å². The summed E-state index contributed by atoms with van der Waals surface area (Å²) >= 11 is 0. The van der Waals surface area contributed by atoms with E-state index in [1.54, 1.807) is 0 Å². The molecule has 5 nitrogen and oxygen atoms in total. The molecular weight excluding hydrogens is 220 g/mol. The molecule has 2 aliphatic rings. The molecule has 1 aliphatic heterocycles. The molecule has 1 amide bonds. The Balaban J connectivity index is 1.83. The Morgan fingerprint density at radius 1 is 1.29 bits per heavy atom. The zero-order valence-corrected chi connectivity index (χ0v) is 10.2. The van der Waals surface area contributed by atoms with Crippen molar-refractivity contribution < 1.29 is 14.3 Å². The van der Waals surface area contributed by atoms with Gasteiger partial charge in [-0.15, -0.1) is 0 Å². The van der Waals surface area contributed by atoms with Gasteiger partial charge in [-0.3, -0.25) is 4.79 Å². The van der Waals surface area contributed by atoms with Crippen molar-refractivity contribution in [3.05, 3.63) is 0 Å². The molecule has 1 heterocycles. The van der Waals surface area contributed by atoms with Crippen molar-refractivity contribution in [3.8, 4) is 0 Å². The summed E-state index contributed by atoms with van der Waals surface area (Å²) < 4.78 is 10.6. The van der Waals surface area contributed by atoms with E-state index in [2.05, 4.69) is 5.32 Å². The van der Waals surface area contributed by atoms with Crippen molar-refractivity contribution in [2.75, 3.05) is 26.4 Å². The van der Waals surface area contributed by atoms with Crippen LogP contribution in [0.4, 0.5) is 0 Å². The minimum atomic E-state index is -0.441. The molecule has 0 aromatic rings. The molecule has 0 spiro atoms. The van der Waals surface area contributed by atoms with Crippen LogP contribution in [-0.2, 0) is 14.3 Å². The van der Waals surface area contributed by atoms with E-state index >= 15 is 0 Å². The van der Waals surface area contributed by atoms with E-state index in [0.29, 0.717) is 32.3 Å². The van der Waals surface area contributed by atoms with Crippen molar-refractivity contribution in [3.63, 3.8) is 0 Å². The molecule has 2 rings (SSSR count). The highest BCUT2D eigenvalue weighted by Gasteiger charge is 2.29. The lowest BCUT2D eigenvalue weighted by atomic mass is 9.84. The minimum absolute atomic E-state index is 0.0462. The highest BCUT2D eigenvalue weighted by atomic mass is 16.6. The fraction of sp³-hybridized carbons (Fsp3) is 0.917. The number of carbonyl (C=O) groups excluding carboxylic acids is 1. The number of rotatable bonds is 3. The predicted octanol–water partition coefficient (Wildman–Crippen LogP) is 0.0355. The highest BCUT2D eigenvalue weighted by molar-refractivity contribution is 5.81. The maximum Gasteiger partial charge on any atom is 0.251 e. The number of amides is 1. The van der Waals surface area contributed by atoms with Crippen LogP contribution in [0.25, 0.3) is 0 Å². The van der Waals surface area contributed by atoms with Crippen LogP contribution in [0.1, 0.15) is 25.7 Å². The summed E-state index contributed by atoms with van der Waals surface area (Å²) in [5.74, 6) is 0.368. The molecule has 3 atom stereocenters. The summed E-state index contributed by atoms with van der Waals surface area (Å²) in [6, 6.07) is 0.215. The normalized spacial score (nSPS) is 34.3. The molecule has 1 aliphatic carbocycles. The summed E-state index contributed by atoms with van der Waals surface area (Å²) in [6.45, 7) is 2.10. The van der Waals surface area contributed by atoms with E-state index in [-0.39, 0.29) is 11.9 Å². The van der Waals surface area contributed by atoms with Crippen LogP contribution in [0.15, 0.2) is 0 Å². The van der Waals surface area contributed by atoms with Crippen LogP contribution in [0.5, 0.6) is 0 Å². The zero-order valence-electron chi connectivity index (χ0n) is 10.2. The first-order chi connectivity index (χ1) is 8.31. The van der Waals surface area contributed by atoms with Crippen molar-refractivity contribution in [2.24, 2.45) is 11.7 Å². The maximum atomic E-state index is 12.0. The van der Waals surface area contributed by atoms with Crippen molar-refractivity contribution in [1.82, 2.24) is 5.32 Å². The quantitative estimate of drug-likeness (QED) is 0.732. The number of nitrogens with one attached hydrogen (secondary N) is 1. The fourth-order valence-electron chi connectivity index (χ4n) is 2.59. The first-order valence-corrected chi connectivity index (χ1v) is 6.51. The predicted molar refractivity (Wildman–Crippen MR) is 63.5 cm³/mol. The zero-order chi connectivity index (χ0) is 12.1. The molecule has 5 heteroatoms. The second-order valence-electron chi connectivity index (χ2n) is 4.83. The first-order valence-electron chi connectivity index (χ1n) is 6.51. The molecule has 0 bridgehead atoms. The molecule has 17 heavy (non-hydrogen) atoms. The summed E-state index contributed by atoms with van der Waals surface area (Å²) in [7, 11) is 0. The second-order valence-corrected chi connectivity index (χ2v) is 4.83. The van der Waals surface area contributed by atoms with Crippen LogP contribution in [-0.4, -0.2) is 44.4 Å². The molecule has 0 aromatic carbocycles. The van der Waals surface area contributed by atoms with E-state index in [9.17, 15) is 4.79 Å². The largest absolute Gasteiger partial charge is 0.376 e. The third-order valence-corrected chi connectivity index (χ3v) is 3.65. The van der Waals surface area contributed by atoms with Crippen LogP contribution in [0.2, 0.25) is 0 Å². The third-order valence-electron chi connectivity index (χ3n) is 3.65. The van der Waals surface area contributed by atoms with Crippen molar-refractivity contribution in [2.45, 2.75) is 37.8 Å². The fourth-order valence-corrected chi connectivity index (χ4v) is 2.59. The lowest BCUT2D eigenvalue weighted by Gasteiger charge is -2.33. The van der Waals surface area contributed by atoms with Gasteiger partial charge in [-0.2, -0.15) is 0 Å². The van der Waals surface area contributed by atoms with Gasteiger partial charge < -0.3 is 20.5 Å². The Labute approximate surface area is 102 Å². The Bertz CT molecular complexity index is 254. The molecular formula is C12H22N2O3. The standard InChI is InChI=1S/C12H22N2O3/c13-7-9-3-1-2-4-10(9)14-12(15)11-8-16-5-6-17-11/h9-11H,1-8,13H2,(H,14,15). The van der Waals surface area contributed by atoms with E-state index in [1.165, 1.54) is 12.8 Å². The Morgan fingerprint density at radius 2 is 2.12 bits per heavy atom. The van der Waals surface area contributed by atoms with Crippen LogP contribution < -0.4 is 11.1 Å². The Kier molecular flexibility index (Phi) is 4.76. The molecule has 1 saturated heterocycles. The second kappa shape index (κ2) is 6.33. The van der Waals surface area contributed by atoms with Crippen LogP contribution in [0.3, 0.4) is 0 Å². The summed E-state index contributed by atoms with van der Waals surface area (Å²) in [5, 5.41) is 3.07. The van der Waals surface area contributed by atoms with E-state index in [4.69, 9.17) is 15.2 Å². The smallest absolute Gasteiger partial charge is 0.251 e. The van der Waals surface area contributed by atoms with Gasteiger partial charge in [-0.05, 0) is 25.3 Å². The lowest BCUT2D eigenvalue weighted by Crippen LogP contribution is -2.50. The first kappa shape index (κ1) is 12.8. The molecule has 0 radical (unpaired) electrons. The SMILES string of the molecule is NCC1CCCCC1NC(=O)C1COCCO1. The Morgan fingerprint density at radius 3 is 2.82 bits per heavy atom. The van der Waals surface area contributed by atoms with Gasteiger partial charge >= 0.3 is 0 Å². The van der Waals surface area contributed by atoms with Gasteiger partial charge in [0.25, 0.3) is 5.91 Å². The number of nitrogens with two attached hydrogens (primary N) is 1. The molecule has 1 saturated carbocycles. The average Bonchev–Trinajstić information content (AvgIpc) is 2.40. The monoisotopic (exact) mass is 242 g/mol. The number of hydrogen-bond donors (Lipinski definition) is 2. The van der Waals surface area contributed by atoms with Gasteiger partial charge in [0.1, 0.15) is 0 Å². The third kappa shape index (κ3) is 3.40. The molecule has 3 unspecified atom stereocenters. The summed E-state index contributed by atoms with van der Waals surface area (Å²) in [5.41, 5.74) is 5.74. The molecule has 3 N–H and O–H groups in total. The van der Waals surface area contributed by atoms with Gasteiger partial charge in [-0.1, -0.05) is 12.8 Å². The van der Waals surface area contributed by atoms with E-state index in [1.807, 2.05) is 0 Å². The van der Waals surface area contributed by atoms with Gasteiger partial charge in [0.2, 0.25) is 0 Å². The van der Waals surface area contributed by atoms with Crippen LogP contribution in [0, 0.1) is 5.92 Å². The van der Waals surface area contributed by atoms with Gasteiger partial charge in [0.15, 0.2) is 6.10 Å². The van der Waals surface area contributed by atoms with Crippen LogP contribution >= 0.6 is 0 Å². The average molecular weight is 242 g/mol. The van der Waals surface area contributed by atoms with E-state index < -0.39 is 6.10 Å². The number of carbonyl (C=O) groups is 1. The van der Waals surface area contributed by atoms with Gasteiger partial charge in [0.05, 0.1) is 19.8 Å². The maximum absolute atomic E-state index is 12.0. The Hall–Kier alpha value is -0.650. The number of hydrogen-bond acceptors (Lipinski definition) is 4. The molecule has 2 fully saturated rings. The lowest BCUT2D eigenvalue weighted by molar-refractivity contribution is -0.148.